The van der Waals surface area contributed by atoms with Gasteiger partial charge in [0.15, 0.2) is 0 Å². The van der Waals surface area contributed by atoms with Crippen molar-refractivity contribution in [1.82, 2.24) is 0 Å². The molecule has 0 aromatic heterocycles. The number of carbonyl (C=O) groups is 2. The molecule has 0 rings (SSSR count). The van der Waals surface area contributed by atoms with Crippen LogP contribution >= 0.6 is 0 Å². The number of ether oxygens (including phenoxy) is 2. The van der Waals surface area contributed by atoms with Gasteiger partial charge >= 0.3 is 11.9 Å². The van der Waals surface area contributed by atoms with E-state index >= 15 is 0 Å². The summed E-state index contributed by atoms with van der Waals surface area (Å²) < 4.78 is 20.8. The van der Waals surface area contributed by atoms with Crippen LogP contribution < -0.4 is 0 Å². The standard InChI is InChI=1S/C10H18O5S/c1-9(11)14-5-3-7-16(13)8-4-6-15-10(2)12/h3-8H2,1-2H3. The summed E-state index contributed by atoms with van der Waals surface area (Å²) >= 11 is 0. The van der Waals surface area contributed by atoms with E-state index in [1.165, 1.54) is 13.8 Å². The molecule has 6 heteroatoms. The van der Waals surface area contributed by atoms with Gasteiger partial charge in [-0.3, -0.25) is 13.8 Å². The molecule has 0 aliphatic rings. The summed E-state index contributed by atoms with van der Waals surface area (Å²) in [5.41, 5.74) is 0. The van der Waals surface area contributed by atoms with E-state index in [9.17, 15) is 13.8 Å². The van der Waals surface area contributed by atoms with E-state index < -0.39 is 10.8 Å². The highest BCUT2D eigenvalue weighted by atomic mass is 32.2. The van der Waals surface area contributed by atoms with Crippen LogP contribution in [0.15, 0.2) is 0 Å². The van der Waals surface area contributed by atoms with Crippen molar-refractivity contribution in [3.8, 4) is 0 Å². The van der Waals surface area contributed by atoms with Crippen LogP contribution in [-0.4, -0.2) is 40.9 Å². The van der Waals surface area contributed by atoms with Crippen LogP contribution in [0.5, 0.6) is 0 Å². The van der Waals surface area contributed by atoms with Crippen molar-refractivity contribution in [3.05, 3.63) is 0 Å². The van der Waals surface area contributed by atoms with Gasteiger partial charge in [-0.1, -0.05) is 0 Å². The van der Waals surface area contributed by atoms with Crippen LogP contribution in [0.3, 0.4) is 0 Å². The molecule has 0 fully saturated rings. The molecule has 0 spiro atoms. The monoisotopic (exact) mass is 250 g/mol. The Morgan fingerprint density at radius 3 is 1.62 bits per heavy atom. The molecule has 0 aromatic rings. The lowest BCUT2D eigenvalue weighted by atomic mass is 10.5. The largest absolute Gasteiger partial charge is 0.466 e. The summed E-state index contributed by atoms with van der Waals surface area (Å²) in [6, 6.07) is 0. The van der Waals surface area contributed by atoms with Crippen LogP contribution in [-0.2, 0) is 29.9 Å². The molecule has 0 atom stereocenters. The molecule has 16 heavy (non-hydrogen) atoms. The molecule has 0 bridgehead atoms. The van der Waals surface area contributed by atoms with Gasteiger partial charge in [0.05, 0.1) is 13.2 Å². The van der Waals surface area contributed by atoms with Gasteiger partial charge in [-0.05, 0) is 12.8 Å². The van der Waals surface area contributed by atoms with Crippen molar-refractivity contribution in [2.24, 2.45) is 0 Å². The molecule has 0 radical (unpaired) electrons. The number of hydrogen-bond donors (Lipinski definition) is 0. The van der Waals surface area contributed by atoms with Gasteiger partial charge in [0.2, 0.25) is 0 Å². The Morgan fingerprint density at radius 2 is 1.31 bits per heavy atom. The van der Waals surface area contributed by atoms with Crippen LogP contribution in [0.25, 0.3) is 0 Å². The fourth-order valence-corrected chi connectivity index (χ4v) is 2.06. The van der Waals surface area contributed by atoms with Crippen molar-refractivity contribution in [3.63, 3.8) is 0 Å². The quantitative estimate of drug-likeness (QED) is 0.467. The van der Waals surface area contributed by atoms with E-state index in [4.69, 9.17) is 9.47 Å². The summed E-state index contributed by atoms with van der Waals surface area (Å²) in [5.74, 6) is 0.377. The molecule has 0 aliphatic carbocycles. The van der Waals surface area contributed by atoms with E-state index in [2.05, 4.69) is 0 Å². The lowest BCUT2D eigenvalue weighted by Crippen LogP contribution is -2.10. The Hall–Kier alpha value is -0.910. The lowest BCUT2D eigenvalue weighted by molar-refractivity contribution is -0.141. The highest BCUT2D eigenvalue weighted by Crippen LogP contribution is 1.94. The molecule has 0 saturated heterocycles. The molecular weight excluding hydrogens is 232 g/mol. The maximum Gasteiger partial charge on any atom is 0.302 e. The maximum absolute atomic E-state index is 11.4. The molecule has 94 valence electrons. The summed E-state index contributed by atoms with van der Waals surface area (Å²) in [6.45, 7) is 3.31. The maximum atomic E-state index is 11.4. The van der Waals surface area contributed by atoms with Gasteiger partial charge < -0.3 is 9.47 Å². The Kier molecular flexibility index (Phi) is 8.80. The first-order valence-corrected chi connectivity index (χ1v) is 6.63. The zero-order chi connectivity index (χ0) is 12.4. The van der Waals surface area contributed by atoms with E-state index in [1.54, 1.807) is 0 Å². The zero-order valence-electron chi connectivity index (χ0n) is 9.69. The third kappa shape index (κ3) is 11.2. The van der Waals surface area contributed by atoms with E-state index in [0.717, 1.165) is 0 Å². The summed E-state index contributed by atoms with van der Waals surface area (Å²) in [7, 11) is -0.932. The molecule has 0 saturated carbocycles. The number of hydrogen-bond acceptors (Lipinski definition) is 5. The molecule has 5 nitrogen and oxygen atoms in total. The van der Waals surface area contributed by atoms with E-state index in [0.29, 0.717) is 37.6 Å². The van der Waals surface area contributed by atoms with Crippen molar-refractivity contribution in [2.75, 3.05) is 24.7 Å². The van der Waals surface area contributed by atoms with Crippen molar-refractivity contribution >= 4 is 22.7 Å². The topological polar surface area (TPSA) is 69.7 Å². The Bertz CT molecular complexity index is 228. The van der Waals surface area contributed by atoms with Gasteiger partial charge in [-0.25, -0.2) is 0 Å². The first-order valence-electron chi connectivity index (χ1n) is 5.14. The number of rotatable bonds is 8. The average molecular weight is 250 g/mol. The SMILES string of the molecule is CC(=O)OCCCS(=O)CCCOC(C)=O. The van der Waals surface area contributed by atoms with Crippen LogP contribution in [0.1, 0.15) is 26.7 Å². The summed E-state index contributed by atoms with van der Waals surface area (Å²) in [4.78, 5) is 20.8. The lowest BCUT2D eigenvalue weighted by Gasteiger charge is -2.03. The summed E-state index contributed by atoms with van der Waals surface area (Å²) in [6.07, 6.45) is 1.19. The van der Waals surface area contributed by atoms with Crippen LogP contribution in [0, 0.1) is 0 Å². The van der Waals surface area contributed by atoms with Crippen LogP contribution in [0.4, 0.5) is 0 Å². The van der Waals surface area contributed by atoms with Gasteiger partial charge in [0, 0.05) is 36.2 Å². The average Bonchev–Trinajstić information content (AvgIpc) is 2.19. The normalized spacial score (nSPS) is 10.2. The smallest absolute Gasteiger partial charge is 0.302 e. The van der Waals surface area contributed by atoms with Crippen molar-refractivity contribution in [2.45, 2.75) is 26.7 Å². The second-order valence-electron chi connectivity index (χ2n) is 3.24. The Balaban J connectivity index is 3.31. The Labute approximate surface area is 97.9 Å². The van der Waals surface area contributed by atoms with E-state index in [1.807, 2.05) is 0 Å². The molecule has 0 N–H and O–H groups in total. The fourth-order valence-electron chi connectivity index (χ4n) is 0.974. The van der Waals surface area contributed by atoms with Gasteiger partial charge in [-0.15, -0.1) is 0 Å². The summed E-state index contributed by atoms with van der Waals surface area (Å²) in [5, 5.41) is 0. The predicted molar refractivity (Wildman–Crippen MR) is 60.4 cm³/mol. The van der Waals surface area contributed by atoms with Crippen molar-refractivity contribution < 1.29 is 23.3 Å². The van der Waals surface area contributed by atoms with Gasteiger partial charge in [-0.2, -0.15) is 0 Å². The molecule has 0 unspecified atom stereocenters. The molecule has 0 amide bonds. The van der Waals surface area contributed by atoms with Gasteiger partial charge in [0.25, 0.3) is 0 Å². The zero-order valence-corrected chi connectivity index (χ0v) is 10.5. The molecule has 0 aromatic carbocycles. The minimum atomic E-state index is -0.932. The van der Waals surface area contributed by atoms with Crippen LogP contribution in [0.2, 0.25) is 0 Å². The highest BCUT2D eigenvalue weighted by Gasteiger charge is 2.01. The highest BCUT2D eigenvalue weighted by molar-refractivity contribution is 7.84. The first-order chi connectivity index (χ1) is 7.52. The second kappa shape index (κ2) is 9.33. The molecule has 0 aliphatic heterocycles. The predicted octanol–water partition coefficient (Wildman–Crippen LogP) is 0.642. The number of esters is 2. The third-order valence-corrected chi connectivity index (χ3v) is 3.13. The fraction of sp³-hybridized carbons (Fsp3) is 0.800. The third-order valence-electron chi connectivity index (χ3n) is 1.64. The Morgan fingerprint density at radius 1 is 0.938 bits per heavy atom. The van der Waals surface area contributed by atoms with Crippen molar-refractivity contribution in [1.29, 1.82) is 0 Å². The second-order valence-corrected chi connectivity index (χ2v) is 4.93. The minimum Gasteiger partial charge on any atom is -0.466 e. The minimum absolute atomic E-state index is 0.311. The number of carbonyl (C=O) groups excluding carboxylic acids is 2. The molecule has 0 heterocycles. The first kappa shape index (κ1) is 15.1. The molecular formula is C10H18O5S. The van der Waals surface area contributed by atoms with Gasteiger partial charge in [0.1, 0.15) is 0 Å². The van der Waals surface area contributed by atoms with E-state index in [-0.39, 0.29) is 11.9 Å².